The first kappa shape index (κ1) is 68.9. The summed E-state index contributed by atoms with van der Waals surface area (Å²) in [6.45, 7) is 4.42. The zero-order valence-electron chi connectivity index (χ0n) is 45.9. The van der Waals surface area contributed by atoms with E-state index in [-0.39, 0.29) is 25.9 Å². The van der Waals surface area contributed by atoms with E-state index < -0.39 is 57.8 Å². The van der Waals surface area contributed by atoms with Crippen LogP contribution in [0.1, 0.15) is 252 Å². The van der Waals surface area contributed by atoms with E-state index in [1.54, 1.807) is 0 Å². The van der Waals surface area contributed by atoms with E-state index in [4.69, 9.17) is 23.3 Å². The molecule has 3 unspecified atom stereocenters. The Morgan fingerprint density at radius 3 is 1.22 bits per heavy atom. The Morgan fingerprint density at radius 1 is 0.403 bits per heavy atom. The van der Waals surface area contributed by atoms with Gasteiger partial charge in [0.05, 0.1) is 19.8 Å². The third kappa shape index (κ3) is 51.8. The summed E-state index contributed by atoms with van der Waals surface area (Å²) in [5.74, 6) is -1.56. The van der Waals surface area contributed by atoms with Gasteiger partial charge < -0.3 is 24.2 Å². The van der Waals surface area contributed by atoms with Crippen molar-refractivity contribution >= 4 is 25.7 Å². The summed E-state index contributed by atoms with van der Waals surface area (Å²) < 4.78 is 39.4. The zero-order valence-corrected chi connectivity index (χ0v) is 46.8. The lowest BCUT2D eigenvalue weighted by Gasteiger charge is -2.21. The fraction of sp³-hybridized carbons (Fsp3) is 0.750. The SMILES string of the molecule is CC/C=C\C/C=C\C/C=C\C/C=C\CCC(=O)OC(CO)COP(=O)(O)OCC(COC(=O)CCCCCCCCCCCCCCCCCCC)OC(=O)CCCCCCC/C=C\C/C=C\CCCCC. The van der Waals surface area contributed by atoms with Crippen molar-refractivity contribution in [2.45, 2.75) is 264 Å². The average molecular weight is 1030 g/mol. The minimum Gasteiger partial charge on any atom is -0.462 e. The van der Waals surface area contributed by atoms with E-state index in [1.807, 2.05) is 12.2 Å². The van der Waals surface area contributed by atoms with Gasteiger partial charge in [0.2, 0.25) is 0 Å². The van der Waals surface area contributed by atoms with E-state index in [0.717, 1.165) is 89.9 Å². The standard InChI is InChI=1S/C60H105O11P/c1-4-7-10-13-16-19-22-25-27-28-30-32-34-37-40-43-46-49-58(62)67-53-57(71-60(64)51-48-45-42-39-36-33-29-26-23-20-17-14-11-8-5-2)55-69-72(65,66)68-54-56(52-61)70-59(63)50-47-44-41-38-35-31-24-21-18-15-12-9-6-3/h9,12,17-18,20-21,26,29,31,35,41,44,56-57,61H,4-8,10-11,13-16,19,22-25,27-28,30,32-34,36-40,42-43,45-55H2,1-3H3,(H,65,66)/b12-9-,20-17-,21-18-,29-26-,35-31-,44-41-. The Morgan fingerprint density at radius 2 is 0.750 bits per heavy atom. The molecule has 12 heteroatoms. The highest BCUT2D eigenvalue weighted by Gasteiger charge is 2.28. The van der Waals surface area contributed by atoms with Gasteiger partial charge in [0.15, 0.2) is 6.10 Å². The summed E-state index contributed by atoms with van der Waals surface area (Å²) in [5, 5.41) is 9.78. The van der Waals surface area contributed by atoms with Crippen LogP contribution in [0.15, 0.2) is 72.9 Å². The van der Waals surface area contributed by atoms with E-state index in [1.165, 1.54) is 103 Å². The third-order valence-electron chi connectivity index (χ3n) is 12.1. The van der Waals surface area contributed by atoms with E-state index in [2.05, 4.69) is 81.5 Å². The number of phosphoric ester groups is 1. The van der Waals surface area contributed by atoms with Crippen molar-refractivity contribution < 1.29 is 52.2 Å². The van der Waals surface area contributed by atoms with Gasteiger partial charge in [-0.15, -0.1) is 0 Å². The molecular weight excluding hydrogens is 928 g/mol. The summed E-state index contributed by atoms with van der Waals surface area (Å²) in [7, 11) is -4.77. The smallest absolute Gasteiger partial charge is 0.462 e. The Bertz CT molecular complexity index is 1490. The molecule has 0 heterocycles. The molecule has 0 saturated heterocycles. The number of aliphatic hydroxyl groups excluding tert-OH is 1. The van der Waals surface area contributed by atoms with Gasteiger partial charge in [-0.3, -0.25) is 23.4 Å². The summed E-state index contributed by atoms with van der Waals surface area (Å²) in [6, 6.07) is 0. The van der Waals surface area contributed by atoms with Crippen LogP contribution in [0.4, 0.5) is 0 Å². The number of carbonyl (C=O) groups excluding carboxylic acids is 3. The molecule has 416 valence electrons. The highest BCUT2D eigenvalue weighted by Crippen LogP contribution is 2.43. The summed E-state index contributed by atoms with van der Waals surface area (Å²) >= 11 is 0. The Labute approximate surface area is 439 Å². The number of allylic oxidation sites excluding steroid dienone is 12. The quantitative estimate of drug-likeness (QED) is 0.0197. The van der Waals surface area contributed by atoms with Gasteiger partial charge in [0.25, 0.3) is 0 Å². The maximum atomic E-state index is 12.9. The van der Waals surface area contributed by atoms with Crippen LogP contribution < -0.4 is 0 Å². The van der Waals surface area contributed by atoms with E-state index in [0.29, 0.717) is 19.3 Å². The van der Waals surface area contributed by atoms with E-state index in [9.17, 15) is 28.9 Å². The van der Waals surface area contributed by atoms with Gasteiger partial charge >= 0.3 is 25.7 Å². The molecule has 0 aliphatic rings. The predicted octanol–water partition coefficient (Wildman–Crippen LogP) is 16.9. The van der Waals surface area contributed by atoms with Crippen molar-refractivity contribution in [1.82, 2.24) is 0 Å². The minimum absolute atomic E-state index is 0.0540. The van der Waals surface area contributed by atoms with Crippen LogP contribution >= 0.6 is 7.82 Å². The topological polar surface area (TPSA) is 155 Å². The molecule has 0 saturated carbocycles. The molecular formula is C60H105O11P. The molecule has 0 aromatic heterocycles. The molecule has 3 atom stereocenters. The fourth-order valence-electron chi connectivity index (χ4n) is 7.75. The molecule has 0 aliphatic carbocycles. The molecule has 2 N–H and O–H groups in total. The van der Waals surface area contributed by atoms with Crippen LogP contribution in [0, 0.1) is 0 Å². The second kappa shape index (κ2) is 54.2. The first-order valence-electron chi connectivity index (χ1n) is 28.8. The van der Waals surface area contributed by atoms with Gasteiger partial charge in [0, 0.05) is 19.3 Å². The maximum Gasteiger partial charge on any atom is 0.472 e. The molecule has 11 nitrogen and oxygen atoms in total. The monoisotopic (exact) mass is 1030 g/mol. The Hall–Kier alpha value is -3.08. The molecule has 0 aromatic rings. The largest absolute Gasteiger partial charge is 0.472 e. The number of ether oxygens (including phenoxy) is 3. The molecule has 0 bridgehead atoms. The van der Waals surface area contributed by atoms with Crippen molar-refractivity contribution in [2.24, 2.45) is 0 Å². The number of hydrogen-bond acceptors (Lipinski definition) is 10. The van der Waals surface area contributed by atoms with Crippen molar-refractivity contribution in [2.75, 3.05) is 26.4 Å². The van der Waals surface area contributed by atoms with Crippen LogP contribution in [0.2, 0.25) is 0 Å². The number of carbonyl (C=O) groups is 3. The van der Waals surface area contributed by atoms with Gasteiger partial charge in [0.1, 0.15) is 12.7 Å². The van der Waals surface area contributed by atoms with Gasteiger partial charge in [-0.1, -0.05) is 229 Å². The van der Waals surface area contributed by atoms with Crippen molar-refractivity contribution in [3.05, 3.63) is 72.9 Å². The molecule has 0 spiro atoms. The zero-order chi connectivity index (χ0) is 52.7. The number of aliphatic hydroxyl groups is 1. The Kier molecular flexibility index (Phi) is 51.9. The summed E-state index contributed by atoms with van der Waals surface area (Å²) in [6.07, 6.45) is 60.2. The van der Waals surface area contributed by atoms with Gasteiger partial charge in [-0.2, -0.15) is 0 Å². The lowest BCUT2D eigenvalue weighted by molar-refractivity contribution is -0.161. The number of phosphoric acid groups is 1. The molecule has 0 amide bonds. The molecule has 0 aliphatic heterocycles. The average Bonchev–Trinajstić information content (AvgIpc) is 3.37. The number of rotatable bonds is 53. The van der Waals surface area contributed by atoms with Crippen LogP contribution in [0.5, 0.6) is 0 Å². The second-order valence-electron chi connectivity index (χ2n) is 19.1. The molecule has 0 rings (SSSR count). The van der Waals surface area contributed by atoms with Crippen molar-refractivity contribution in [3.63, 3.8) is 0 Å². The molecule has 0 fully saturated rings. The highest BCUT2D eigenvalue weighted by atomic mass is 31.2. The maximum absolute atomic E-state index is 12.9. The molecule has 0 radical (unpaired) electrons. The lowest BCUT2D eigenvalue weighted by Crippen LogP contribution is -2.30. The van der Waals surface area contributed by atoms with Crippen LogP contribution in [-0.2, 0) is 42.2 Å². The lowest BCUT2D eigenvalue weighted by atomic mass is 10.0. The number of esters is 3. The molecule has 72 heavy (non-hydrogen) atoms. The summed E-state index contributed by atoms with van der Waals surface area (Å²) in [5.41, 5.74) is 0. The normalized spacial score (nSPS) is 13.9. The van der Waals surface area contributed by atoms with Crippen molar-refractivity contribution in [3.8, 4) is 0 Å². The Balaban J connectivity index is 4.78. The van der Waals surface area contributed by atoms with Crippen molar-refractivity contribution in [1.29, 1.82) is 0 Å². The first-order chi connectivity index (χ1) is 35.2. The molecule has 0 aromatic carbocycles. The minimum atomic E-state index is -4.77. The fourth-order valence-corrected chi connectivity index (χ4v) is 8.54. The highest BCUT2D eigenvalue weighted by molar-refractivity contribution is 7.47. The number of unbranched alkanes of at least 4 members (excludes halogenated alkanes) is 24. The summed E-state index contributed by atoms with van der Waals surface area (Å²) in [4.78, 5) is 48.5. The third-order valence-corrected chi connectivity index (χ3v) is 13.1. The predicted molar refractivity (Wildman–Crippen MR) is 298 cm³/mol. The van der Waals surface area contributed by atoms with Gasteiger partial charge in [-0.25, -0.2) is 4.57 Å². The number of hydrogen-bond donors (Lipinski definition) is 2. The van der Waals surface area contributed by atoms with Crippen LogP contribution in [-0.4, -0.2) is 66.5 Å². The van der Waals surface area contributed by atoms with E-state index >= 15 is 0 Å². The van der Waals surface area contributed by atoms with Crippen LogP contribution in [0.25, 0.3) is 0 Å². The van der Waals surface area contributed by atoms with Gasteiger partial charge in [-0.05, 0) is 77.0 Å². The van der Waals surface area contributed by atoms with Crippen LogP contribution in [0.3, 0.4) is 0 Å². The second-order valence-corrected chi connectivity index (χ2v) is 20.5. The first-order valence-corrected chi connectivity index (χ1v) is 30.3.